The number of para-hydroxylation sites is 3. The van der Waals surface area contributed by atoms with Crippen molar-refractivity contribution in [3.05, 3.63) is 64.1 Å². The number of anilines is 1. The largest absolute Gasteiger partial charge is 0.419 e. The molecule has 0 unspecified atom stereocenters. The quantitative estimate of drug-likeness (QED) is 0.666. The summed E-state index contributed by atoms with van der Waals surface area (Å²) in [6.45, 7) is 4.21. The van der Waals surface area contributed by atoms with Crippen molar-refractivity contribution in [2.24, 2.45) is 0 Å². The maximum absolute atomic E-state index is 12.4. The molecule has 0 spiro atoms. The number of nitrogens with one attached hydrogen (secondary N) is 1. The fourth-order valence-electron chi connectivity index (χ4n) is 3.30. The summed E-state index contributed by atoms with van der Waals surface area (Å²) in [7, 11) is 1.60. The van der Waals surface area contributed by atoms with E-state index in [4.69, 9.17) is 4.42 Å². The predicted molar refractivity (Wildman–Crippen MR) is 112 cm³/mol. The number of carbonyl (C=O) groups is 2. The first kappa shape index (κ1) is 20.4. The molecule has 0 saturated carbocycles. The molecule has 7 heteroatoms. The van der Waals surface area contributed by atoms with Crippen molar-refractivity contribution in [1.29, 1.82) is 0 Å². The zero-order chi connectivity index (χ0) is 21.0. The highest BCUT2D eigenvalue weighted by Crippen LogP contribution is 2.19. The zero-order valence-corrected chi connectivity index (χ0v) is 16.9. The Morgan fingerprint density at radius 3 is 2.48 bits per heavy atom. The first-order chi connectivity index (χ1) is 13.9. The molecule has 0 bridgehead atoms. The molecule has 1 aromatic heterocycles. The monoisotopic (exact) mass is 395 g/mol. The van der Waals surface area contributed by atoms with Crippen LogP contribution in [0.3, 0.4) is 0 Å². The molecule has 0 aliphatic carbocycles. The zero-order valence-electron chi connectivity index (χ0n) is 16.9. The Labute approximate surface area is 168 Å². The van der Waals surface area contributed by atoms with Gasteiger partial charge in [-0.2, -0.15) is 0 Å². The Morgan fingerprint density at radius 2 is 1.76 bits per heavy atom. The Balaban J connectivity index is 1.52. The Morgan fingerprint density at radius 1 is 1.07 bits per heavy atom. The van der Waals surface area contributed by atoms with Gasteiger partial charge in [-0.3, -0.25) is 14.2 Å². The summed E-state index contributed by atoms with van der Waals surface area (Å²) < 4.78 is 6.72. The Bertz CT molecular complexity index is 1080. The third-order valence-corrected chi connectivity index (χ3v) is 4.90. The van der Waals surface area contributed by atoms with Gasteiger partial charge in [0, 0.05) is 25.7 Å². The van der Waals surface area contributed by atoms with E-state index in [0.29, 0.717) is 24.1 Å². The van der Waals surface area contributed by atoms with Crippen molar-refractivity contribution in [3.63, 3.8) is 0 Å². The van der Waals surface area contributed by atoms with Crippen molar-refractivity contribution in [1.82, 2.24) is 9.47 Å². The van der Waals surface area contributed by atoms with Gasteiger partial charge in [-0.1, -0.05) is 30.3 Å². The second-order valence-corrected chi connectivity index (χ2v) is 7.16. The molecule has 3 rings (SSSR count). The van der Waals surface area contributed by atoms with E-state index in [2.05, 4.69) is 5.32 Å². The number of hydrogen-bond acceptors (Lipinski definition) is 4. The lowest BCUT2D eigenvalue weighted by atomic mass is 10.1. The van der Waals surface area contributed by atoms with Crippen molar-refractivity contribution in [2.45, 2.75) is 33.2 Å². The maximum Gasteiger partial charge on any atom is 0.419 e. The van der Waals surface area contributed by atoms with Crippen LogP contribution in [0.5, 0.6) is 0 Å². The molecule has 1 heterocycles. The van der Waals surface area contributed by atoms with E-state index < -0.39 is 5.76 Å². The van der Waals surface area contributed by atoms with Gasteiger partial charge in [-0.25, -0.2) is 4.79 Å². The molecule has 0 atom stereocenters. The van der Waals surface area contributed by atoms with Gasteiger partial charge in [0.1, 0.15) is 0 Å². The molecule has 1 N–H and O–H groups in total. The lowest BCUT2D eigenvalue weighted by Crippen LogP contribution is -2.35. The summed E-state index contributed by atoms with van der Waals surface area (Å²) >= 11 is 0. The van der Waals surface area contributed by atoms with Crippen LogP contribution in [-0.2, 0) is 16.1 Å². The normalized spacial score (nSPS) is 10.9. The highest BCUT2D eigenvalue weighted by Gasteiger charge is 2.15. The van der Waals surface area contributed by atoms with Gasteiger partial charge in [0.05, 0.1) is 12.1 Å². The number of oxazole rings is 1. The van der Waals surface area contributed by atoms with Gasteiger partial charge in [-0.15, -0.1) is 0 Å². The maximum atomic E-state index is 12.4. The lowest BCUT2D eigenvalue weighted by molar-refractivity contribution is -0.133. The molecular formula is C22H25N3O4. The number of fused-ring (bicyclic) bond motifs is 1. The van der Waals surface area contributed by atoms with Crippen molar-refractivity contribution < 1.29 is 14.0 Å². The second-order valence-electron chi connectivity index (χ2n) is 7.16. The summed E-state index contributed by atoms with van der Waals surface area (Å²) in [5, 5.41) is 2.88. The van der Waals surface area contributed by atoms with Crippen LogP contribution in [0.1, 0.15) is 24.0 Å². The van der Waals surface area contributed by atoms with Crippen LogP contribution in [0.2, 0.25) is 0 Å². The molecule has 7 nitrogen and oxygen atoms in total. The minimum absolute atomic E-state index is 0.0266. The molecule has 0 fully saturated rings. The van der Waals surface area contributed by atoms with Crippen molar-refractivity contribution >= 4 is 28.6 Å². The minimum Gasteiger partial charge on any atom is -0.408 e. The van der Waals surface area contributed by atoms with E-state index in [1.165, 1.54) is 9.47 Å². The lowest BCUT2D eigenvalue weighted by Gasteiger charge is -2.18. The van der Waals surface area contributed by atoms with Gasteiger partial charge in [0.2, 0.25) is 11.8 Å². The Kier molecular flexibility index (Phi) is 6.16. The van der Waals surface area contributed by atoms with Crippen LogP contribution in [-0.4, -0.2) is 34.9 Å². The SMILES string of the molecule is Cc1cccc(C)c1NC(=O)CN(C)C(=O)CCCn1c(=O)oc2ccccc21. The van der Waals surface area contributed by atoms with Gasteiger partial charge < -0.3 is 14.6 Å². The van der Waals surface area contributed by atoms with Crippen LogP contribution >= 0.6 is 0 Å². The molecule has 3 aromatic rings. The number of carbonyl (C=O) groups excluding carboxylic acids is 2. The first-order valence-corrected chi connectivity index (χ1v) is 9.55. The fraction of sp³-hybridized carbons (Fsp3) is 0.318. The highest BCUT2D eigenvalue weighted by molar-refractivity contribution is 5.95. The highest BCUT2D eigenvalue weighted by atomic mass is 16.4. The van der Waals surface area contributed by atoms with E-state index in [9.17, 15) is 14.4 Å². The molecule has 29 heavy (non-hydrogen) atoms. The number of aromatic nitrogens is 1. The van der Waals surface area contributed by atoms with E-state index >= 15 is 0 Å². The molecule has 0 aliphatic rings. The average molecular weight is 395 g/mol. The minimum atomic E-state index is -0.431. The summed E-state index contributed by atoms with van der Waals surface area (Å²) in [5.74, 6) is -0.821. The molecule has 2 amide bonds. The molecule has 152 valence electrons. The molecule has 0 radical (unpaired) electrons. The topological polar surface area (TPSA) is 84.5 Å². The van der Waals surface area contributed by atoms with Gasteiger partial charge in [0.15, 0.2) is 5.58 Å². The van der Waals surface area contributed by atoms with E-state index in [0.717, 1.165) is 16.8 Å². The van der Waals surface area contributed by atoms with Gasteiger partial charge >= 0.3 is 5.76 Å². The van der Waals surface area contributed by atoms with E-state index in [1.54, 1.807) is 19.2 Å². The van der Waals surface area contributed by atoms with Crippen LogP contribution in [0.15, 0.2) is 51.7 Å². The summed E-state index contributed by atoms with van der Waals surface area (Å²) in [5.41, 5.74) is 3.98. The second kappa shape index (κ2) is 8.77. The van der Waals surface area contributed by atoms with Crippen molar-refractivity contribution in [3.8, 4) is 0 Å². The number of benzene rings is 2. The number of amides is 2. The van der Waals surface area contributed by atoms with E-state index in [1.807, 2.05) is 44.2 Å². The van der Waals surface area contributed by atoms with Gasteiger partial charge in [-0.05, 0) is 43.5 Å². The summed E-state index contributed by atoms with van der Waals surface area (Å²) in [4.78, 5) is 38.1. The predicted octanol–water partition coefficient (Wildman–Crippen LogP) is 3.09. The average Bonchev–Trinajstić information content (AvgIpc) is 3.00. The van der Waals surface area contributed by atoms with E-state index in [-0.39, 0.29) is 24.8 Å². The first-order valence-electron chi connectivity index (χ1n) is 9.55. The van der Waals surface area contributed by atoms with Crippen molar-refractivity contribution in [2.75, 3.05) is 18.9 Å². The molecular weight excluding hydrogens is 370 g/mol. The number of likely N-dealkylation sites (N-methyl/N-ethyl adjacent to an activating group) is 1. The smallest absolute Gasteiger partial charge is 0.408 e. The van der Waals surface area contributed by atoms with Crippen LogP contribution < -0.4 is 11.1 Å². The van der Waals surface area contributed by atoms with Crippen LogP contribution in [0.25, 0.3) is 11.1 Å². The molecule has 2 aromatic carbocycles. The van der Waals surface area contributed by atoms with Crippen LogP contribution in [0.4, 0.5) is 5.69 Å². The Hall–Kier alpha value is -3.35. The number of rotatable bonds is 7. The summed E-state index contributed by atoms with van der Waals surface area (Å²) in [6.07, 6.45) is 0.713. The fourth-order valence-corrected chi connectivity index (χ4v) is 3.30. The third-order valence-electron chi connectivity index (χ3n) is 4.90. The van der Waals surface area contributed by atoms with Gasteiger partial charge in [0.25, 0.3) is 0 Å². The standard InChI is InChI=1S/C22H25N3O4/c1-15-8-6-9-16(2)21(15)23-19(26)14-24(3)20(27)12-7-13-25-17-10-4-5-11-18(17)29-22(25)28/h4-6,8-11H,7,12-14H2,1-3H3,(H,23,26). The number of nitrogens with zero attached hydrogens (tertiary/aromatic N) is 2. The number of aryl methyl sites for hydroxylation is 3. The van der Waals surface area contributed by atoms with Crippen LogP contribution in [0, 0.1) is 13.8 Å². The summed E-state index contributed by atoms with van der Waals surface area (Å²) in [6, 6.07) is 13.0. The molecule has 0 saturated heterocycles. The molecule has 0 aliphatic heterocycles. The third kappa shape index (κ3) is 4.74. The number of hydrogen-bond donors (Lipinski definition) is 1.